The first-order valence-electron chi connectivity index (χ1n) is 9.60. The highest BCUT2D eigenvalue weighted by Crippen LogP contribution is 2.13. The average molecular weight is 410 g/mol. The number of aromatic nitrogens is 2. The Hall–Kier alpha value is -3.68. The standard InChI is InChI=1S/C22H23FN4O3/c23-18-6-2-8-20(14-18)30-12-3-9-21(28)24-15-17-5-1-7-19(13-17)26-22(29)16-27-11-4-10-25-27/h1-2,4-8,10-11,13-14H,3,9,12,15-16H2,(H,24,28)(H,26,29). The van der Waals surface area contributed by atoms with Gasteiger partial charge < -0.3 is 15.4 Å². The summed E-state index contributed by atoms with van der Waals surface area (Å²) in [5.74, 6) is -0.198. The zero-order valence-electron chi connectivity index (χ0n) is 16.4. The van der Waals surface area contributed by atoms with Gasteiger partial charge in [-0.15, -0.1) is 0 Å². The lowest BCUT2D eigenvalue weighted by molar-refractivity contribution is -0.121. The van der Waals surface area contributed by atoms with Gasteiger partial charge in [0.15, 0.2) is 0 Å². The van der Waals surface area contributed by atoms with Crippen molar-refractivity contribution in [1.82, 2.24) is 15.1 Å². The maximum atomic E-state index is 13.1. The Bertz CT molecular complexity index is 976. The van der Waals surface area contributed by atoms with E-state index < -0.39 is 0 Å². The summed E-state index contributed by atoms with van der Waals surface area (Å²) in [5.41, 5.74) is 1.53. The highest BCUT2D eigenvalue weighted by Gasteiger charge is 2.06. The lowest BCUT2D eigenvalue weighted by Gasteiger charge is -2.09. The van der Waals surface area contributed by atoms with Gasteiger partial charge in [-0.1, -0.05) is 18.2 Å². The molecule has 0 atom stereocenters. The van der Waals surface area contributed by atoms with Crippen LogP contribution in [0.2, 0.25) is 0 Å². The first-order valence-corrected chi connectivity index (χ1v) is 9.60. The molecule has 0 bridgehead atoms. The van der Waals surface area contributed by atoms with E-state index in [0.29, 0.717) is 37.4 Å². The Morgan fingerprint density at radius 3 is 2.73 bits per heavy atom. The highest BCUT2D eigenvalue weighted by molar-refractivity contribution is 5.90. The van der Waals surface area contributed by atoms with Crippen molar-refractivity contribution in [2.45, 2.75) is 25.9 Å². The van der Waals surface area contributed by atoms with E-state index in [1.165, 1.54) is 16.8 Å². The molecule has 7 nitrogen and oxygen atoms in total. The first kappa shape index (κ1) is 21.0. The Balaban J connectivity index is 1.37. The molecule has 1 heterocycles. The number of ether oxygens (including phenoxy) is 1. The van der Waals surface area contributed by atoms with Crippen molar-refractivity contribution >= 4 is 17.5 Å². The third-order valence-electron chi connectivity index (χ3n) is 4.18. The van der Waals surface area contributed by atoms with E-state index in [4.69, 9.17) is 4.74 Å². The molecule has 0 spiro atoms. The largest absolute Gasteiger partial charge is 0.493 e. The zero-order chi connectivity index (χ0) is 21.2. The van der Waals surface area contributed by atoms with Gasteiger partial charge in [0.2, 0.25) is 11.8 Å². The average Bonchev–Trinajstić information content (AvgIpc) is 3.23. The fraction of sp³-hybridized carbons (Fsp3) is 0.227. The van der Waals surface area contributed by atoms with Gasteiger partial charge in [0.05, 0.1) is 6.61 Å². The molecule has 0 aliphatic heterocycles. The molecule has 3 rings (SSSR count). The van der Waals surface area contributed by atoms with E-state index in [-0.39, 0.29) is 24.2 Å². The third kappa shape index (κ3) is 7.05. The van der Waals surface area contributed by atoms with Gasteiger partial charge in [-0.05, 0) is 42.3 Å². The molecule has 2 amide bonds. The van der Waals surface area contributed by atoms with E-state index in [1.54, 1.807) is 36.7 Å². The Kier molecular flexibility index (Phi) is 7.54. The molecule has 0 aliphatic carbocycles. The number of anilines is 1. The van der Waals surface area contributed by atoms with Gasteiger partial charge in [-0.3, -0.25) is 14.3 Å². The van der Waals surface area contributed by atoms with Crippen LogP contribution < -0.4 is 15.4 Å². The Morgan fingerprint density at radius 1 is 1.07 bits per heavy atom. The van der Waals surface area contributed by atoms with Crippen molar-refractivity contribution in [2.24, 2.45) is 0 Å². The van der Waals surface area contributed by atoms with Crippen LogP contribution in [0.1, 0.15) is 18.4 Å². The molecule has 156 valence electrons. The van der Waals surface area contributed by atoms with E-state index in [9.17, 15) is 14.0 Å². The lowest BCUT2D eigenvalue weighted by Crippen LogP contribution is -2.23. The van der Waals surface area contributed by atoms with Crippen LogP contribution in [0, 0.1) is 5.82 Å². The molecule has 0 saturated carbocycles. The molecule has 0 fully saturated rings. The highest BCUT2D eigenvalue weighted by atomic mass is 19.1. The van der Waals surface area contributed by atoms with Crippen LogP contribution in [0.4, 0.5) is 10.1 Å². The second-order valence-electron chi connectivity index (χ2n) is 6.64. The number of carbonyl (C=O) groups is 2. The number of amides is 2. The molecule has 8 heteroatoms. The summed E-state index contributed by atoms with van der Waals surface area (Å²) in [5, 5.41) is 9.65. The maximum Gasteiger partial charge on any atom is 0.246 e. The van der Waals surface area contributed by atoms with Crippen LogP contribution in [0.3, 0.4) is 0 Å². The molecule has 0 unspecified atom stereocenters. The van der Waals surface area contributed by atoms with Crippen molar-refractivity contribution in [3.05, 3.63) is 78.4 Å². The summed E-state index contributed by atoms with van der Waals surface area (Å²) in [4.78, 5) is 24.1. The van der Waals surface area contributed by atoms with Gasteiger partial charge in [0.25, 0.3) is 0 Å². The van der Waals surface area contributed by atoms with Crippen molar-refractivity contribution in [3.8, 4) is 5.75 Å². The molecule has 1 aromatic heterocycles. The number of benzene rings is 2. The number of hydrogen-bond donors (Lipinski definition) is 2. The number of nitrogens with one attached hydrogen (secondary N) is 2. The maximum absolute atomic E-state index is 13.1. The molecule has 2 N–H and O–H groups in total. The Morgan fingerprint density at radius 2 is 1.93 bits per heavy atom. The normalized spacial score (nSPS) is 10.4. The quantitative estimate of drug-likeness (QED) is 0.503. The summed E-state index contributed by atoms with van der Waals surface area (Å²) in [6.07, 6.45) is 4.15. The summed E-state index contributed by atoms with van der Waals surface area (Å²) >= 11 is 0. The number of rotatable bonds is 10. The smallest absolute Gasteiger partial charge is 0.246 e. The van der Waals surface area contributed by atoms with Crippen molar-refractivity contribution in [3.63, 3.8) is 0 Å². The van der Waals surface area contributed by atoms with Gasteiger partial charge in [0.1, 0.15) is 18.1 Å². The van der Waals surface area contributed by atoms with Gasteiger partial charge in [0, 0.05) is 37.1 Å². The summed E-state index contributed by atoms with van der Waals surface area (Å²) in [6.45, 7) is 0.812. The van der Waals surface area contributed by atoms with E-state index >= 15 is 0 Å². The molecule has 3 aromatic rings. The molecule has 0 saturated heterocycles. The van der Waals surface area contributed by atoms with Gasteiger partial charge >= 0.3 is 0 Å². The number of nitrogens with zero attached hydrogens (tertiary/aromatic N) is 2. The minimum atomic E-state index is -0.356. The van der Waals surface area contributed by atoms with Crippen LogP contribution in [-0.2, 0) is 22.7 Å². The molecule has 0 radical (unpaired) electrons. The summed E-state index contributed by atoms with van der Waals surface area (Å²) in [6, 6.07) is 14.9. The first-order chi connectivity index (χ1) is 14.6. The van der Waals surface area contributed by atoms with E-state index in [2.05, 4.69) is 15.7 Å². The predicted octanol–water partition coefficient (Wildman–Crippen LogP) is 3.14. The third-order valence-corrected chi connectivity index (χ3v) is 4.18. The molecular formula is C22H23FN4O3. The van der Waals surface area contributed by atoms with E-state index in [1.807, 2.05) is 18.2 Å². The number of hydrogen-bond acceptors (Lipinski definition) is 4. The molecular weight excluding hydrogens is 387 g/mol. The summed E-state index contributed by atoms with van der Waals surface area (Å²) < 4.78 is 20.0. The van der Waals surface area contributed by atoms with Crippen molar-refractivity contribution in [2.75, 3.05) is 11.9 Å². The topological polar surface area (TPSA) is 85.3 Å². The van der Waals surface area contributed by atoms with Crippen molar-refractivity contribution in [1.29, 1.82) is 0 Å². The lowest BCUT2D eigenvalue weighted by atomic mass is 10.2. The second kappa shape index (κ2) is 10.8. The van der Waals surface area contributed by atoms with Crippen LogP contribution in [0.25, 0.3) is 0 Å². The molecule has 0 aliphatic rings. The minimum Gasteiger partial charge on any atom is -0.493 e. The van der Waals surface area contributed by atoms with Gasteiger partial charge in [-0.25, -0.2) is 4.39 Å². The predicted molar refractivity (Wildman–Crippen MR) is 110 cm³/mol. The number of halogens is 1. The van der Waals surface area contributed by atoms with Crippen LogP contribution in [0.15, 0.2) is 67.0 Å². The molecule has 2 aromatic carbocycles. The SMILES string of the molecule is O=C(CCCOc1cccc(F)c1)NCc1cccc(NC(=O)Cn2cccn2)c1. The van der Waals surface area contributed by atoms with Crippen LogP contribution >= 0.6 is 0 Å². The fourth-order valence-electron chi connectivity index (χ4n) is 2.77. The van der Waals surface area contributed by atoms with Crippen LogP contribution in [0.5, 0.6) is 5.75 Å². The number of carbonyl (C=O) groups excluding carboxylic acids is 2. The summed E-state index contributed by atoms with van der Waals surface area (Å²) in [7, 11) is 0. The van der Waals surface area contributed by atoms with Crippen LogP contribution in [-0.4, -0.2) is 28.2 Å². The van der Waals surface area contributed by atoms with Crippen molar-refractivity contribution < 1.29 is 18.7 Å². The Labute approximate surface area is 173 Å². The van der Waals surface area contributed by atoms with E-state index in [0.717, 1.165) is 5.56 Å². The minimum absolute atomic E-state index is 0.106. The zero-order valence-corrected chi connectivity index (χ0v) is 16.4. The fourth-order valence-corrected chi connectivity index (χ4v) is 2.77. The second-order valence-corrected chi connectivity index (χ2v) is 6.64. The molecule has 30 heavy (non-hydrogen) atoms. The van der Waals surface area contributed by atoms with Gasteiger partial charge in [-0.2, -0.15) is 5.10 Å². The monoisotopic (exact) mass is 410 g/mol.